The number of benzene rings is 1. The van der Waals surface area contributed by atoms with Gasteiger partial charge in [-0.25, -0.2) is 4.79 Å². The van der Waals surface area contributed by atoms with Crippen LogP contribution in [0.2, 0.25) is 0 Å². The van der Waals surface area contributed by atoms with Crippen molar-refractivity contribution in [1.29, 1.82) is 5.26 Å². The van der Waals surface area contributed by atoms with Gasteiger partial charge in [-0.3, -0.25) is 33.4 Å². The zero-order chi connectivity index (χ0) is 28.1. The number of nitriles is 1. The third kappa shape index (κ3) is 3.73. The Morgan fingerprint density at radius 2 is 1.75 bits per heavy atom. The number of fused-ring (bicyclic) bond motifs is 2. The molecule has 3 aromatic heterocycles. The SMILES string of the molecule is CCn1c(N2CCC[C@@H](N3C(=O)c4ccccc4C3=O)C2)nc2c1c(=O)n(Cc1ncccc1C#N)c(=O)n2C. The van der Waals surface area contributed by atoms with E-state index in [1.807, 2.05) is 11.8 Å². The molecule has 1 atom stereocenters. The molecule has 0 unspecified atom stereocenters. The van der Waals surface area contributed by atoms with Gasteiger partial charge in [0.2, 0.25) is 5.95 Å². The van der Waals surface area contributed by atoms with Crippen LogP contribution in [0.3, 0.4) is 0 Å². The van der Waals surface area contributed by atoms with Crippen molar-refractivity contribution in [1.82, 2.24) is 28.6 Å². The zero-order valence-corrected chi connectivity index (χ0v) is 22.1. The maximum atomic E-state index is 13.7. The summed E-state index contributed by atoms with van der Waals surface area (Å²) in [6.45, 7) is 3.11. The third-order valence-corrected chi connectivity index (χ3v) is 7.72. The lowest BCUT2D eigenvalue weighted by Crippen LogP contribution is -2.50. The topological polar surface area (TPSA) is 139 Å². The second kappa shape index (κ2) is 9.60. The first kappa shape index (κ1) is 25.2. The van der Waals surface area contributed by atoms with Gasteiger partial charge >= 0.3 is 5.69 Å². The van der Waals surface area contributed by atoms with Crippen molar-refractivity contribution in [2.24, 2.45) is 7.05 Å². The average Bonchev–Trinajstić information content (AvgIpc) is 3.50. The highest BCUT2D eigenvalue weighted by atomic mass is 16.2. The van der Waals surface area contributed by atoms with Crippen molar-refractivity contribution in [3.05, 3.63) is 85.8 Å². The lowest BCUT2D eigenvalue weighted by Gasteiger charge is -2.37. The first-order valence-electron chi connectivity index (χ1n) is 13.1. The van der Waals surface area contributed by atoms with Gasteiger partial charge in [-0.15, -0.1) is 0 Å². The fourth-order valence-electron chi connectivity index (χ4n) is 5.74. The normalized spacial score (nSPS) is 17.0. The van der Waals surface area contributed by atoms with E-state index in [0.29, 0.717) is 55.2 Å². The van der Waals surface area contributed by atoms with E-state index >= 15 is 0 Å². The smallest absolute Gasteiger partial charge is 0.332 e. The molecule has 6 rings (SSSR count). The first-order valence-corrected chi connectivity index (χ1v) is 13.1. The fourth-order valence-corrected chi connectivity index (χ4v) is 5.74. The molecule has 4 aromatic rings. The van der Waals surface area contributed by atoms with Gasteiger partial charge in [0.15, 0.2) is 11.2 Å². The van der Waals surface area contributed by atoms with E-state index in [0.717, 1.165) is 4.57 Å². The molecular formula is C28H26N8O4. The molecule has 2 aliphatic rings. The van der Waals surface area contributed by atoms with Gasteiger partial charge in [-0.1, -0.05) is 12.1 Å². The molecule has 12 nitrogen and oxygen atoms in total. The molecule has 0 N–H and O–H groups in total. The number of carbonyl (C=O) groups is 2. The molecule has 1 fully saturated rings. The van der Waals surface area contributed by atoms with Crippen LogP contribution in [0, 0.1) is 11.3 Å². The quantitative estimate of drug-likeness (QED) is 0.348. The van der Waals surface area contributed by atoms with Crippen molar-refractivity contribution < 1.29 is 9.59 Å². The maximum Gasteiger partial charge on any atom is 0.332 e. The van der Waals surface area contributed by atoms with Crippen molar-refractivity contribution in [3.63, 3.8) is 0 Å². The van der Waals surface area contributed by atoms with Gasteiger partial charge in [-0.05, 0) is 44.0 Å². The van der Waals surface area contributed by atoms with Crippen molar-refractivity contribution >= 4 is 28.9 Å². The molecule has 12 heteroatoms. The number of amides is 2. The molecule has 0 radical (unpaired) electrons. The number of aromatic nitrogens is 5. The summed E-state index contributed by atoms with van der Waals surface area (Å²) in [6, 6.07) is 11.7. The van der Waals surface area contributed by atoms with Gasteiger partial charge in [0.05, 0.1) is 35.0 Å². The minimum atomic E-state index is -0.568. The maximum absolute atomic E-state index is 13.7. The number of aryl methyl sites for hydroxylation is 2. The van der Waals surface area contributed by atoms with Crippen LogP contribution in [0.5, 0.6) is 0 Å². The largest absolute Gasteiger partial charge is 0.340 e. The monoisotopic (exact) mass is 538 g/mol. The highest BCUT2D eigenvalue weighted by molar-refractivity contribution is 6.21. The lowest BCUT2D eigenvalue weighted by molar-refractivity contribution is 0.0569. The molecule has 202 valence electrons. The predicted molar refractivity (Wildman–Crippen MR) is 145 cm³/mol. The van der Waals surface area contributed by atoms with Crippen LogP contribution in [-0.4, -0.2) is 59.5 Å². The van der Waals surface area contributed by atoms with Crippen LogP contribution >= 0.6 is 0 Å². The first-order chi connectivity index (χ1) is 19.3. The van der Waals surface area contributed by atoms with Gasteiger partial charge in [0.1, 0.15) is 6.07 Å². The summed E-state index contributed by atoms with van der Waals surface area (Å²) < 4.78 is 4.16. The molecule has 0 saturated carbocycles. The standard InChI is InChI=1S/C28H26N8O4/c1-3-34-22-23(32(2)28(40)35(26(22)39)16-21-17(14-29)8-6-12-30-21)31-27(34)33-13-7-9-18(15-33)36-24(37)19-10-4-5-11-20(19)25(36)38/h4-6,8,10-12,18H,3,7,9,13,15-16H2,1-2H3/t18-/m1/s1. The fraction of sp³-hybridized carbons (Fsp3) is 0.321. The Balaban J connectivity index is 1.40. The zero-order valence-electron chi connectivity index (χ0n) is 22.1. The number of carbonyl (C=O) groups excluding carboxylic acids is 2. The number of rotatable bonds is 5. The molecule has 2 amide bonds. The van der Waals surface area contributed by atoms with E-state index in [1.165, 1.54) is 15.7 Å². The molecular weight excluding hydrogens is 512 g/mol. The summed E-state index contributed by atoms with van der Waals surface area (Å²) in [6.07, 6.45) is 2.88. The Hall–Kier alpha value is -5.05. The summed E-state index contributed by atoms with van der Waals surface area (Å²) >= 11 is 0. The molecule has 5 heterocycles. The second-order valence-corrected chi connectivity index (χ2v) is 9.94. The van der Waals surface area contributed by atoms with Gasteiger partial charge in [0, 0.05) is 32.9 Å². The highest BCUT2D eigenvalue weighted by Gasteiger charge is 2.41. The lowest BCUT2D eigenvalue weighted by atomic mass is 10.0. The Morgan fingerprint density at radius 3 is 2.42 bits per heavy atom. The number of imide groups is 1. The van der Waals surface area contributed by atoms with Gasteiger partial charge < -0.3 is 9.47 Å². The summed E-state index contributed by atoms with van der Waals surface area (Å²) in [7, 11) is 1.55. The van der Waals surface area contributed by atoms with E-state index < -0.39 is 11.2 Å². The van der Waals surface area contributed by atoms with Crippen molar-refractivity contribution in [3.8, 4) is 6.07 Å². The number of hydrogen-bond acceptors (Lipinski definition) is 8. The highest BCUT2D eigenvalue weighted by Crippen LogP contribution is 2.30. The van der Waals surface area contributed by atoms with Gasteiger partial charge in [-0.2, -0.15) is 10.2 Å². The van der Waals surface area contributed by atoms with Crippen LogP contribution in [0.4, 0.5) is 5.95 Å². The van der Waals surface area contributed by atoms with Crippen LogP contribution in [0.25, 0.3) is 11.2 Å². The average molecular weight is 539 g/mol. The summed E-state index contributed by atoms with van der Waals surface area (Å²) in [5.41, 5.74) is 0.843. The molecule has 2 aliphatic heterocycles. The van der Waals surface area contributed by atoms with E-state index in [2.05, 4.69) is 11.1 Å². The van der Waals surface area contributed by atoms with Crippen LogP contribution in [0.1, 0.15) is 51.7 Å². The number of anilines is 1. The number of imidazole rings is 1. The number of pyridine rings is 1. The Bertz CT molecular complexity index is 1830. The van der Waals surface area contributed by atoms with E-state index in [-0.39, 0.29) is 41.1 Å². The summed E-state index contributed by atoms with van der Waals surface area (Å²) in [5, 5.41) is 9.45. The van der Waals surface area contributed by atoms with Gasteiger partial charge in [0.25, 0.3) is 17.4 Å². The molecule has 0 bridgehead atoms. The molecule has 0 aliphatic carbocycles. The van der Waals surface area contributed by atoms with E-state index in [9.17, 15) is 24.4 Å². The van der Waals surface area contributed by atoms with Crippen LogP contribution in [0.15, 0.2) is 52.2 Å². The van der Waals surface area contributed by atoms with Crippen molar-refractivity contribution in [2.45, 2.75) is 38.9 Å². The molecule has 40 heavy (non-hydrogen) atoms. The molecule has 0 spiro atoms. The van der Waals surface area contributed by atoms with Crippen LogP contribution in [-0.2, 0) is 20.1 Å². The molecule has 1 aromatic carbocycles. The van der Waals surface area contributed by atoms with Crippen molar-refractivity contribution in [2.75, 3.05) is 18.0 Å². The number of piperidine rings is 1. The number of hydrogen-bond donors (Lipinski definition) is 0. The Kier molecular flexibility index (Phi) is 6.06. The van der Waals surface area contributed by atoms with E-state index in [4.69, 9.17) is 4.98 Å². The Morgan fingerprint density at radius 1 is 1.02 bits per heavy atom. The Labute approximate surface area is 228 Å². The minimum Gasteiger partial charge on any atom is -0.340 e. The third-order valence-electron chi connectivity index (χ3n) is 7.72. The molecule has 1 saturated heterocycles. The van der Waals surface area contributed by atoms with Crippen LogP contribution < -0.4 is 16.1 Å². The van der Waals surface area contributed by atoms with E-state index in [1.54, 1.807) is 48.0 Å². The minimum absolute atomic E-state index is 0.152. The number of nitrogens with zero attached hydrogens (tertiary/aromatic N) is 8. The predicted octanol–water partition coefficient (Wildman–Crippen LogP) is 1.50. The second-order valence-electron chi connectivity index (χ2n) is 9.94. The summed E-state index contributed by atoms with van der Waals surface area (Å²) in [5.74, 6) is -0.0971. The summed E-state index contributed by atoms with van der Waals surface area (Å²) in [4.78, 5) is 65.5.